The molecule has 2 rings (SSSR count). The fourth-order valence-electron chi connectivity index (χ4n) is 2.23. The number of benzene rings is 1. The lowest BCUT2D eigenvalue weighted by atomic mass is 9.89. The number of ether oxygens (including phenoxy) is 1. The molecule has 1 aromatic rings. The van der Waals surface area contributed by atoms with Gasteiger partial charge in [0, 0.05) is 5.41 Å². The summed E-state index contributed by atoms with van der Waals surface area (Å²) in [6.07, 6.45) is 4.52. The summed E-state index contributed by atoms with van der Waals surface area (Å²) in [5.74, 6) is 0. The highest BCUT2D eigenvalue weighted by Gasteiger charge is 2.24. The van der Waals surface area contributed by atoms with Gasteiger partial charge < -0.3 is 9.53 Å². The number of aldehydes is 1. The maximum atomic E-state index is 10.9. The third-order valence-electron chi connectivity index (χ3n) is 3.29. The Kier molecular flexibility index (Phi) is 3.63. The van der Waals surface area contributed by atoms with Crippen LogP contribution in [0.15, 0.2) is 24.3 Å². The Bertz CT molecular complexity index is 396. The summed E-state index contributed by atoms with van der Waals surface area (Å²) in [4.78, 5) is 10.9. The SMILES string of the molecule is CC(C)(C=O)COC1CCCc2ccccc21. The van der Waals surface area contributed by atoms with Crippen LogP contribution in [0, 0.1) is 5.41 Å². The van der Waals surface area contributed by atoms with Crippen molar-refractivity contribution in [3.05, 3.63) is 35.4 Å². The molecule has 1 unspecified atom stereocenters. The molecule has 0 heterocycles. The minimum atomic E-state index is -0.383. The predicted molar refractivity (Wildman–Crippen MR) is 67.9 cm³/mol. The second-order valence-electron chi connectivity index (χ2n) is 5.50. The number of hydrogen-bond acceptors (Lipinski definition) is 2. The molecule has 0 saturated heterocycles. The van der Waals surface area contributed by atoms with E-state index in [9.17, 15) is 4.79 Å². The van der Waals surface area contributed by atoms with E-state index in [-0.39, 0.29) is 11.5 Å². The summed E-state index contributed by atoms with van der Waals surface area (Å²) in [6.45, 7) is 4.32. The van der Waals surface area contributed by atoms with Gasteiger partial charge in [0.25, 0.3) is 0 Å². The number of aryl methyl sites for hydroxylation is 1. The largest absolute Gasteiger partial charge is 0.373 e. The van der Waals surface area contributed by atoms with Gasteiger partial charge in [0.1, 0.15) is 6.29 Å². The molecular formula is C15H20O2. The van der Waals surface area contributed by atoms with Crippen molar-refractivity contribution in [2.24, 2.45) is 5.41 Å². The zero-order chi connectivity index (χ0) is 12.3. The molecule has 17 heavy (non-hydrogen) atoms. The van der Waals surface area contributed by atoms with Gasteiger partial charge in [-0.05, 0) is 30.4 Å². The lowest BCUT2D eigenvalue weighted by molar-refractivity contribution is -0.119. The lowest BCUT2D eigenvalue weighted by Gasteiger charge is -2.28. The molecule has 0 N–H and O–H groups in total. The van der Waals surface area contributed by atoms with Gasteiger partial charge in [0.2, 0.25) is 0 Å². The number of rotatable bonds is 4. The fraction of sp³-hybridized carbons (Fsp3) is 0.533. The summed E-state index contributed by atoms with van der Waals surface area (Å²) in [6, 6.07) is 8.46. The van der Waals surface area contributed by atoms with Gasteiger partial charge in [-0.3, -0.25) is 0 Å². The fourth-order valence-corrected chi connectivity index (χ4v) is 2.23. The van der Waals surface area contributed by atoms with E-state index >= 15 is 0 Å². The van der Waals surface area contributed by atoms with Crippen LogP contribution >= 0.6 is 0 Å². The predicted octanol–water partition coefficient (Wildman–Crippen LogP) is 3.31. The van der Waals surface area contributed by atoms with Crippen molar-refractivity contribution >= 4 is 6.29 Å². The molecule has 0 aliphatic heterocycles. The van der Waals surface area contributed by atoms with Crippen molar-refractivity contribution in [1.29, 1.82) is 0 Å². The molecule has 0 spiro atoms. The van der Waals surface area contributed by atoms with Gasteiger partial charge in [0.15, 0.2) is 0 Å². The molecule has 2 nitrogen and oxygen atoms in total. The van der Waals surface area contributed by atoms with Crippen LogP contribution in [0.25, 0.3) is 0 Å². The Labute approximate surface area is 103 Å². The normalized spacial score (nSPS) is 19.8. The van der Waals surface area contributed by atoms with Crippen LogP contribution in [0.4, 0.5) is 0 Å². The highest BCUT2D eigenvalue weighted by molar-refractivity contribution is 5.57. The molecular weight excluding hydrogens is 212 g/mol. The van der Waals surface area contributed by atoms with E-state index in [0.717, 1.165) is 19.1 Å². The molecule has 1 aliphatic carbocycles. The summed E-state index contributed by atoms with van der Waals surface area (Å²) in [5.41, 5.74) is 2.32. The number of hydrogen-bond donors (Lipinski definition) is 0. The van der Waals surface area contributed by atoms with Crippen molar-refractivity contribution < 1.29 is 9.53 Å². The standard InChI is InChI=1S/C15H20O2/c1-15(2,10-16)11-17-14-9-5-7-12-6-3-4-8-13(12)14/h3-4,6,8,10,14H,5,7,9,11H2,1-2H3. The molecule has 0 bridgehead atoms. The van der Waals surface area contributed by atoms with E-state index in [2.05, 4.69) is 24.3 Å². The molecule has 2 heteroatoms. The minimum Gasteiger partial charge on any atom is -0.373 e. The molecule has 92 valence electrons. The zero-order valence-corrected chi connectivity index (χ0v) is 10.6. The molecule has 0 radical (unpaired) electrons. The number of fused-ring (bicyclic) bond motifs is 1. The Morgan fingerprint density at radius 2 is 2.18 bits per heavy atom. The number of carbonyl (C=O) groups is 1. The molecule has 0 amide bonds. The average Bonchev–Trinajstić information content (AvgIpc) is 2.36. The molecule has 1 aliphatic rings. The first-order valence-electron chi connectivity index (χ1n) is 6.28. The van der Waals surface area contributed by atoms with Crippen LogP contribution < -0.4 is 0 Å². The second-order valence-corrected chi connectivity index (χ2v) is 5.50. The topological polar surface area (TPSA) is 26.3 Å². The molecule has 0 aromatic heterocycles. The van der Waals surface area contributed by atoms with Gasteiger partial charge in [0.05, 0.1) is 12.7 Å². The van der Waals surface area contributed by atoms with Gasteiger partial charge >= 0.3 is 0 Å². The Hall–Kier alpha value is -1.15. The van der Waals surface area contributed by atoms with Gasteiger partial charge in [-0.25, -0.2) is 0 Å². The quantitative estimate of drug-likeness (QED) is 0.744. The van der Waals surface area contributed by atoms with Crippen molar-refractivity contribution in [3.8, 4) is 0 Å². The third-order valence-corrected chi connectivity index (χ3v) is 3.29. The average molecular weight is 232 g/mol. The van der Waals surface area contributed by atoms with E-state index in [4.69, 9.17) is 4.74 Å². The summed E-state index contributed by atoms with van der Waals surface area (Å²) < 4.78 is 5.93. The maximum absolute atomic E-state index is 10.9. The van der Waals surface area contributed by atoms with Gasteiger partial charge in [-0.15, -0.1) is 0 Å². The Morgan fingerprint density at radius 3 is 2.94 bits per heavy atom. The first-order valence-corrected chi connectivity index (χ1v) is 6.28. The highest BCUT2D eigenvalue weighted by Crippen LogP contribution is 2.33. The number of carbonyl (C=O) groups excluding carboxylic acids is 1. The van der Waals surface area contributed by atoms with E-state index in [1.807, 2.05) is 13.8 Å². The summed E-state index contributed by atoms with van der Waals surface area (Å²) >= 11 is 0. The van der Waals surface area contributed by atoms with Crippen LogP contribution in [0.5, 0.6) is 0 Å². The van der Waals surface area contributed by atoms with Gasteiger partial charge in [-0.2, -0.15) is 0 Å². The second kappa shape index (κ2) is 5.01. The van der Waals surface area contributed by atoms with E-state index in [0.29, 0.717) is 6.61 Å². The van der Waals surface area contributed by atoms with Crippen molar-refractivity contribution in [2.75, 3.05) is 6.61 Å². The van der Waals surface area contributed by atoms with Crippen LogP contribution in [-0.2, 0) is 16.0 Å². The van der Waals surface area contributed by atoms with Crippen molar-refractivity contribution in [2.45, 2.75) is 39.2 Å². The summed E-state index contributed by atoms with van der Waals surface area (Å²) in [7, 11) is 0. The van der Waals surface area contributed by atoms with Crippen LogP contribution in [0.3, 0.4) is 0 Å². The first-order chi connectivity index (χ1) is 8.12. The molecule has 1 atom stereocenters. The lowest BCUT2D eigenvalue weighted by Crippen LogP contribution is -2.24. The van der Waals surface area contributed by atoms with Crippen LogP contribution in [0.2, 0.25) is 0 Å². The third kappa shape index (κ3) is 2.95. The molecule has 0 fully saturated rings. The van der Waals surface area contributed by atoms with Gasteiger partial charge in [-0.1, -0.05) is 38.1 Å². The first kappa shape index (κ1) is 12.3. The monoisotopic (exact) mass is 232 g/mol. The van der Waals surface area contributed by atoms with E-state index in [1.54, 1.807) is 0 Å². The molecule has 1 aromatic carbocycles. The zero-order valence-electron chi connectivity index (χ0n) is 10.6. The molecule has 0 saturated carbocycles. The highest BCUT2D eigenvalue weighted by atomic mass is 16.5. The Morgan fingerprint density at radius 1 is 1.41 bits per heavy atom. The Balaban J connectivity index is 2.06. The van der Waals surface area contributed by atoms with Crippen molar-refractivity contribution in [3.63, 3.8) is 0 Å². The van der Waals surface area contributed by atoms with E-state index in [1.165, 1.54) is 17.5 Å². The maximum Gasteiger partial charge on any atom is 0.127 e. The van der Waals surface area contributed by atoms with E-state index < -0.39 is 0 Å². The summed E-state index contributed by atoms with van der Waals surface area (Å²) in [5, 5.41) is 0. The van der Waals surface area contributed by atoms with Crippen LogP contribution in [0.1, 0.15) is 43.9 Å². The minimum absolute atomic E-state index is 0.166. The van der Waals surface area contributed by atoms with Crippen molar-refractivity contribution in [1.82, 2.24) is 0 Å². The van der Waals surface area contributed by atoms with Crippen LogP contribution in [-0.4, -0.2) is 12.9 Å². The smallest absolute Gasteiger partial charge is 0.127 e.